The first kappa shape index (κ1) is 25.0. The maximum atomic E-state index is 12.9. The number of piperidine rings is 1. The van der Waals surface area contributed by atoms with E-state index >= 15 is 0 Å². The molecule has 6 nitrogen and oxygen atoms in total. The molecule has 1 fully saturated rings. The van der Waals surface area contributed by atoms with E-state index in [0.29, 0.717) is 22.7 Å². The third kappa shape index (κ3) is 4.46. The molecular weight excluding hydrogens is 474 g/mol. The van der Waals surface area contributed by atoms with Gasteiger partial charge in [-0.25, -0.2) is 0 Å². The number of benzene rings is 2. The lowest BCUT2D eigenvalue weighted by Gasteiger charge is -2.32. The van der Waals surface area contributed by atoms with Crippen LogP contribution in [0.4, 0.5) is 0 Å². The molecule has 0 unspecified atom stereocenters. The number of hydrogen-bond acceptors (Lipinski definition) is 5. The Bertz CT molecular complexity index is 1400. The van der Waals surface area contributed by atoms with E-state index in [1.807, 2.05) is 32.9 Å². The first-order valence-electron chi connectivity index (χ1n) is 12.8. The second kappa shape index (κ2) is 9.00. The first-order chi connectivity index (χ1) is 17.0. The lowest BCUT2D eigenvalue weighted by molar-refractivity contribution is -0.155. The highest BCUT2D eigenvalue weighted by atomic mass is 35.5. The highest BCUT2D eigenvalue weighted by Gasteiger charge is 2.39. The predicted octanol–water partition coefficient (Wildman–Crippen LogP) is 5.59. The molecule has 5 rings (SSSR count). The lowest BCUT2D eigenvalue weighted by Crippen LogP contribution is -2.35. The smallest absolute Gasteiger partial charge is 0.307 e. The van der Waals surface area contributed by atoms with Crippen LogP contribution < -0.4 is 5.56 Å². The maximum Gasteiger partial charge on any atom is 0.307 e. The Kier molecular flexibility index (Phi) is 6.24. The number of carbonyl (C=O) groups excluding carboxylic acids is 1. The molecular formula is C29H34ClN3O3. The van der Waals surface area contributed by atoms with Crippen molar-refractivity contribution in [3.05, 3.63) is 68.7 Å². The number of nitrogens with zero attached hydrogens (tertiary/aromatic N) is 3. The van der Waals surface area contributed by atoms with Gasteiger partial charge in [0.2, 0.25) is 0 Å². The van der Waals surface area contributed by atoms with Crippen LogP contribution in [0, 0.1) is 0 Å². The number of fused-ring (bicyclic) bond motifs is 5. The van der Waals surface area contributed by atoms with Gasteiger partial charge >= 0.3 is 5.97 Å². The Morgan fingerprint density at radius 3 is 2.58 bits per heavy atom. The fourth-order valence-corrected chi connectivity index (χ4v) is 5.91. The Hall–Kier alpha value is -2.70. The maximum absolute atomic E-state index is 12.9. The van der Waals surface area contributed by atoms with Crippen molar-refractivity contribution in [2.45, 2.75) is 70.8 Å². The average molecular weight is 508 g/mol. The Morgan fingerprint density at radius 1 is 1.17 bits per heavy atom. The van der Waals surface area contributed by atoms with Crippen LogP contribution in [0.3, 0.4) is 0 Å². The van der Waals surface area contributed by atoms with E-state index in [2.05, 4.69) is 46.5 Å². The van der Waals surface area contributed by atoms with Crippen LogP contribution in [0.2, 0.25) is 5.02 Å². The average Bonchev–Trinajstić information content (AvgIpc) is 3.03. The molecule has 2 aromatic carbocycles. The molecule has 2 aliphatic rings. The summed E-state index contributed by atoms with van der Waals surface area (Å²) in [5.41, 5.74) is 3.26. The molecule has 2 aliphatic heterocycles. The summed E-state index contributed by atoms with van der Waals surface area (Å²) in [6.45, 7) is 12.6. The molecule has 0 spiro atoms. The molecule has 0 amide bonds. The fourth-order valence-electron chi connectivity index (χ4n) is 5.66. The molecule has 0 atom stereocenters. The summed E-state index contributed by atoms with van der Waals surface area (Å²) in [6.07, 6.45) is 2.50. The van der Waals surface area contributed by atoms with Crippen molar-refractivity contribution < 1.29 is 9.53 Å². The van der Waals surface area contributed by atoms with Gasteiger partial charge in [-0.15, -0.1) is 0 Å². The highest BCUT2D eigenvalue weighted by Crippen LogP contribution is 2.44. The number of ether oxygens (including phenoxy) is 1. The van der Waals surface area contributed by atoms with Crippen LogP contribution in [-0.2, 0) is 14.9 Å². The summed E-state index contributed by atoms with van der Waals surface area (Å²) in [7, 11) is 0. The van der Waals surface area contributed by atoms with Gasteiger partial charge in [0.05, 0.1) is 33.4 Å². The van der Waals surface area contributed by atoms with Crippen LogP contribution in [-0.4, -0.2) is 45.7 Å². The van der Waals surface area contributed by atoms with E-state index in [4.69, 9.17) is 16.3 Å². The second-order valence-corrected chi connectivity index (χ2v) is 12.0. The third-order valence-corrected chi connectivity index (χ3v) is 7.79. The molecule has 36 heavy (non-hydrogen) atoms. The van der Waals surface area contributed by atoms with Crippen LogP contribution in [0.1, 0.15) is 76.8 Å². The summed E-state index contributed by atoms with van der Waals surface area (Å²) >= 11 is 6.42. The van der Waals surface area contributed by atoms with E-state index in [9.17, 15) is 9.59 Å². The predicted molar refractivity (Wildman–Crippen MR) is 143 cm³/mol. The van der Waals surface area contributed by atoms with Crippen molar-refractivity contribution >= 4 is 28.5 Å². The van der Waals surface area contributed by atoms with E-state index in [1.54, 1.807) is 6.07 Å². The summed E-state index contributed by atoms with van der Waals surface area (Å²) in [4.78, 5) is 31.8. The molecule has 0 saturated carbocycles. The van der Waals surface area contributed by atoms with Crippen molar-refractivity contribution in [1.82, 2.24) is 14.5 Å². The molecule has 0 radical (unpaired) electrons. The number of hydrogen-bond donors (Lipinski definition) is 0. The fraction of sp³-hybridized carbons (Fsp3) is 0.483. The molecule has 3 heterocycles. The van der Waals surface area contributed by atoms with Gasteiger partial charge in [0, 0.05) is 6.54 Å². The summed E-state index contributed by atoms with van der Waals surface area (Å²) in [6, 6.07) is 12.3. The first-order valence-corrected chi connectivity index (χ1v) is 13.1. The Morgan fingerprint density at radius 2 is 1.89 bits per heavy atom. The highest BCUT2D eigenvalue weighted by molar-refractivity contribution is 6.35. The molecule has 0 bridgehead atoms. The monoisotopic (exact) mass is 507 g/mol. The topological polar surface area (TPSA) is 64.4 Å². The van der Waals surface area contributed by atoms with Crippen molar-refractivity contribution in [3.8, 4) is 5.69 Å². The van der Waals surface area contributed by atoms with Gasteiger partial charge in [-0.2, -0.15) is 4.98 Å². The van der Waals surface area contributed by atoms with Gasteiger partial charge in [-0.05, 0) is 95.8 Å². The van der Waals surface area contributed by atoms with Crippen LogP contribution in [0.5, 0.6) is 0 Å². The van der Waals surface area contributed by atoms with E-state index in [0.717, 1.165) is 49.5 Å². The molecule has 0 aliphatic carbocycles. The summed E-state index contributed by atoms with van der Waals surface area (Å²) in [5, 5.41) is 0.900. The zero-order chi connectivity index (χ0) is 25.8. The molecule has 3 aromatic rings. The molecule has 1 aromatic heterocycles. The van der Waals surface area contributed by atoms with Gasteiger partial charge < -0.3 is 9.64 Å². The van der Waals surface area contributed by atoms with E-state index in [-0.39, 0.29) is 16.9 Å². The quantitative estimate of drug-likeness (QED) is 0.431. The Balaban J connectivity index is 1.38. The minimum absolute atomic E-state index is 0.135. The normalized spacial score (nSPS) is 17.7. The van der Waals surface area contributed by atoms with Gasteiger partial charge in [0.1, 0.15) is 11.4 Å². The van der Waals surface area contributed by atoms with Crippen molar-refractivity contribution in [3.63, 3.8) is 0 Å². The van der Waals surface area contributed by atoms with Gasteiger partial charge in [0.15, 0.2) is 0 Å². The van der Waals surface area contributed by atoms with Crippen molar-refractivity contribution in [2.75, 3.05) is 19.6 Å². The van der Waals surface area contributed by atoms with Crippen molar-refractivity contribution in [2.24, 2.45) is 0 Å². The Labute approximate surface area is 217 Å². The molecule has 7 heteroatoms. The third-order valence-electron chi connectivity index (χ3n) is 7.47. The minimum Gasteiger partial charge on any atom is -0.460 e. The zero-order valence-corrected chi connectivity index (χ0v) is 22.5. The van der Waals surface area contributed by atoms with Gasteiger partial charge in [-0.3, -0.25) is 14.2 Å². The minimum atomic E-state index is -0.440. The second-order valence-electron chi connectivity index (χ2n) is 11.6. The number of rotatable bonds is 4. The van der Waals surface area contributed by atoms with Gasteiger partial charge in [-0.1, -0.05) is 29.8 Å². The SMILES string of the molecule is CC(C)(C)OC(=O)CCN1CCC(c2ccc3c(c2)-n2c(nc(=O)c4c(Cl)cccc42)C3(C)C)CC1. The van der Waals surface area contributed by atoms with Crippen LogP contribution >= 0.6 is 11.6 Å². The summed E-state index contributed by atoms with van der Waals surface area (Å²) in [5.74, 6) is 1.07. The number of likely N-dealkylation sites (tertiary alicyclic amines) is 1. The standard InChI is InChI=1S/C29H34ClN3O3/c1-28(2,3)36-24(34)13-16-32-14-11-18(12-15-32)19-9-10-20-23(17-19)33-22-8-6-7-21(30)25(22)26(35)31-27(33)29(20,4)5/h6-10,17-18H,11-16H2,1-5H3. The summed E-state index contributed by atoms with van der Waals surface area (Å²) < 4.78 is 7.57. The number of aromatic nitrogens is 2. The molecule has 0 N–H and O–H groups in total. The van der Waals surface area contributed by atoms with Gasteiger partial charge in [0.25, 0.3) is 5.56 Å². The zero-order valence-electron chi connectivity index (χ0n) is 21.7. The van der Waals surface area contributed by atoms with E-state index < -0.39 is 5.60 Å². The van der Waals surface area contributed by atoms with Crippen molar-refractivity contribution in [1.29, 1.82) is 0 Å². The lowest BCUT2D eigenvalue weighted by atomic mass is 9.83. The van der Waals surface area contributed by atoms with Crippen LogP contribution in [0.15, 0.2) is 41.2 Å². The number of carbonyl (C=O) groups is 1. The number of halogens is 1. The largest absolute Gasteiger partial charge is 0.460 e. The van der Waals surface area contributed by atoms with Crippen LogP contribution in [0.25, 0.3) is 16.6 Å². The number of esters is 1. The molecule has 1 saturated heterocycles. The molecule has 190 valence electrons. The van der Waals surface area contributed by atoms with E-state index in [1.165, 1.54) is 11.1 Å².